The molecule has 0 heterocycles. The zero-order valence-electron chi connectivity index (χ0n) is 14.1. The van der Waals surface area contributed by atoms with Gasteiger partial charge in [0.1, 0.15) is 0 Å². The van der Waals surface area contributed by atoms with E-state index >= 15 is 0 Å². The van der Waals surface area contributed by atoms with Crippen LogP contribution < -0.4 is 5.73 Å². The van der Waals surface area contributed by atoms with Crippen molar-refractivity contribution >= 4 is 6.34 Å². The van der Waals surface area contributed by atoms with Crippen LogP contribution in [0.5, 0.6) is 0 Å². The number of rotatable bonds is 15. The van der Waals surface area contributed by atoms with E-state index in [2.05, 4.69) is 18.8 Å². The lowest BCUT2D eigenvalue weighted by Crippen LogP contribution is -2.06. The maximum atomic E-state index is 5.39. The summed E-state index contributed by atoms with van der Waals surface area (Å²) in [6.45, 7) is 5.50. The molecule has 120 valence electrons. The van der Waals surface area contributed by atoms with E-state index in [4.69, 9.17) is 5.73 Å². The fraction of sp³-hybridized carbons (Fsp3) is 0.944. The molecule has 20 heavy (non-hydrogen) atoms. The molecule has 2 heteroatoms. The molecular weight excluding hydrogens is 244 g/mol. The zero-order valence-corrected chi connectivity index (χ0v) is 14.1. The molecule has 1 unspecified atom stereocenters. The molecule has 0 aromatic rings. The summed E-state index contributed by atoms with van der Waals surface area (Å²) in [5.74, 6) is 0.766. The van der Waals surface area contributed by atoms with Crippen LogP contribution in [0.1, 0.15) is 97.3 Å². The van der Waals surface area contributed by atoms with Gasteiger partial charge in [-0.05, 0) is 18.8 Å². The molecule has 0 aromatic heterocycles. The first-order valence-electron chi connectivity index (χ1n) is 9.05. The Balaban J connectivity index is 3.62. The number of aliphatic imine (C=N–C) groups is 1. The van der Waals surface area contributed by atoms with Crippen molar-refractivity contribution in [3.63, 3.8) is 0 Å². The van der Waals surface area contributed by atoms with Crippen molar-refractivity contribution in [2.45, 2.75) is 97.3 Å². The van der Waals surface area contributed by atoms with E-state index in [1.165, 1.54) is 89.8 Å². The molecule has 0 spiro atoms. The molecule has 0 saturated carbocycles. The molecule has 0 saturated heterocycles. The van der Waals surface area contributed by atoms with E-state index < -0.39 is 0 Å². The minimum absolute atomic E-state index is 0.766. The summed E-state index contributed by atoms with van der Waals surface area (Å²) in [5, 5.41) is 0. The Bertz CT molecular complexity index is 202. The zero-order chi connectivity index (χ0) is 14.9. The Kier molecular flexibility index (Phi) is 16.1. The van der Waals surface area contributed by atoms with Gasteiger partial charge in [-0.3, -0.25) is 4.99 Å². The van der Waals surface area contributed by atoms with Crippen LogP contribution >= 0.6 is 0 Å². The Labute approximate surface area is 127 Å². The normalized spacial score (nSPS) is 13.1. The summed E-state index contributed by atoms with van der Waals surface area (Å²) < 4.78 is 0. The summed E-state index contributed by atoms with van der Waals surface area (Å²) in [5.41, 5.74) is 5.39. The summed E-state index contributed by atoms with van der Waals surface area (Å²) in [6.07, 6.45) is 19.4. The predicted molar refractivity (Wildman–Crippen MR) is 92.4 cm³/mol. The van der Waals surface area contributed by atoms with Gasteiger partial charge < -0.3 is 5.73 Å². The second-order valence-corrected chi connectivity index (χ2v) is 6.14. The van der Waals surface area contributed by atoms with E-state index in [0.29, 0.717) is 0 Å². The number of nitrogens with two attached hydrogens (primary N) is 1. The number of hydrogen-bond donors (Lipinski definition) is 1. The molecule has 0 aliphatic heterocycles. The monoisotopic (exact) mass is 282 g/mol. The minimum atomic E-state index is 0.766. The van der Waals surface area contributed by atoms with Crippen molar-refractivity contribution in [1.82, 2.24) is 0 Å². The quantitative estimate of drug-likeness (QED) is 0.233. The van der Waals surface area contributed by atoms with Gasteiger partial charge in [-0.15, -0.1) is 0 Å². The first kappa shape index (κ1) is 19.5. The van der Waals surface area contributed by atoms with Crippen LogP contribution in [-0.2, 0) is 0 Å². The predicted octanol–water partition coefficient (Wildman–Crippen LogP) is 5.70. The number of hydrogen-bond acceptors (Lipinski definition) is 1. The average Bonchev–Trinajstić information content (AvgIpc) is 2.47. The van der Waals surface area contributed by atoms with Gasteiger partial charge in [-0.1, -0.05) is 84.5 Å². The second-order valence-electron chi connectivity index (χ2n) is 6.14. The fourth-order valence-electron chi connectivity index (χ4n) is 2.79. The minimum Gasteiger partial charge on any atom is -0.390 e. The summed E-state index contributed by atoms with van der Waals surface area (Å²) >= 11 is 0. The van der Waals surface area contributed by atoms with E-state index in [9.17, 15) is 0 Å². The molecule has 0 radical (unpaired) electrons. The van der Waals surface area contributed by atoms with E-state index in [1.54, 1.807) is 0 Å². The Morgan fingerprint density at radius 1 is 0.750 bits per heavy atom. The van der Waals surface area contributed by atoms with Crippen LogP contribution in [0.4, 0.5) is 0 Å². The standard InChI is InChI=1S/C18H38N2/c1-3-5-7-9-11-13-15-18(16-20-17-19)14-12-10-8-6-4-2/h17-18H,3-16H2,1-2H3,(H2,19,20). The first-order chi connectivity index (χ1) is 9.85. The highest BCUT2D eigenvalue weighted by atomic mass is 14.8. The van der Waals surface area contributed by atoms with Crippen molar-refractivity contribution in [2.75, 3.05) is 6.54 Å². The van der Waals surface area contributed by atoms with Crippen LogP contribution in [-0.4, -0.2) is 12.9 Å². The topological polar surface area (TPSA) is 38.4 Å². The Morgan fingerprint density at radius 2 is 1.20 bits per heavy atom. The third kappa shape index (κ3) is 13.9. The second kappa shape index (κ2) is 16.5. The Morgan fingerprint density at radius 3 is 1.65 bits per heavy atom. The van der Waals surface area contributed by atoms with Gasteiger partial charge in [0, 0.05) is 6.54 Å². The number of nitrogens with zero attached hydrogens (tertiary/aromatic N) is 1. The van der Waals surface area contributed by atoms with Crippen molar-refractivity contribution in [2.24, 2.45) is 16.6 Å². The molecular formula is C18H38N2. The van der Waals surface area contributed by atoms with Gasteiger partial charge in [0.2, 0.25) is 0 Å². The van der Waals surface area contributed by atoms with Crippen LogP contribution in [0.15, 0.2) is 4.99 Å². The molecule has 0 aliphatic carbocycles. The van der Waals surface area contributed by atoms with Crippen molar-refractivity contribution in [3.8, 4) is 0 Å². The van der Waals surface area contributed by atoms with Crippen LogP contribution in [0.3, 0.4) is 0 Å². The van der Waals surface area contributed by atoms with Crippen molar-refractivity contribution in [1.29, 1.82) is 0 Å². The third-order valence-corrected chi connectivity index (χ3v) is 4.15. The molecule has 0 fully saturated rings. The maximum Gasteiger partial charge on any atom is 0.0797 e. The van der Waals surface area contributed by atoms with Crippen LogP contribution in [0, 0.1) is 5.92 Å². The highest BCUT2D eigenvalue weighted by Crippen LogP contribution is 2.19. The van der Waals surface area contributed by atoms with E-state index in [-0.39, 0.29) is 0 Å². The largest absolute Gasteiger partial charge is 0.390 e. The van der Waals surface area contributed by atoms with Gasteiger partial charge in [-0.2, -0.15) is 0 Å². The lowest BCUT2D eigenvalue weighted by atomic mass is 9.94. The maximum absolute atomic E-state index is 5.39. The summed E-state index contributed by atoms with van der Waals surface area (Å²) in [7, 11) is 0. The van der Waals surface area contributed by atoms with Gasteiger partial charge in [-0.25, -0.2) is 0 Å². The lowest BCUT2D eigenvalue weighted by molar-refractivity contribution is 0.412. The molecule has 0 rings (SSSR count). The van der Waals surface area contributed by atoms with Gasteiger partial charge >= 0.3 is 0 Å². The molecule has 1 atom stereocenters. The average molecular weight is 283 g/mol. The van der Waals surface area contributed by atoms with Crippen LogP contribution in [0.2, 0.25) is 0 Å². The molecule has 0 bridgehead atoms. The summed E-state index contributed by atoms with van der Waals surface area (Å²) in [6, 6.07) is 0. The molecule has 0 aliphatic rings. The molecule has 2 N–H and O–H groups in total. The molecule has 0 amide bonds. The third-order valence-electron chi connectivity index (χ3n) is 4.15. The fourth-order valence-corrected chi connectivity index (χ4v) is 2.79. The van der Waals surface area contributed by atoms with E-state index in [0.717, 1.165) is 12.5 Å². The molecule has 0 aromatic carbocycles. The lowest BCUT2D eigenvalue weighted by Gasteiger charge is -2.14. The first-order valence-corrected chi connectivity index (χ1v) is 9.05. The highest BCUT2D eigenvalue weighted by Gasteiger charge is 2.07. The van der Waals surface area contributed by atoms with Gasteiger partial charge in [0.05, 0.1) is 6.34 Å². The van der Waals surface area contributed by atoms with Crippen LogP contribution in [0.25, 0.3) is 0 Å². The number of unbranched alkanes of at least 4 members (excludes halogenated alkanes) is 9. The van der Waals surface area contributed by atoms with Gasteiger partial charge in [0.15, 0.2) is 0 Å². The van der Waals surface area contributed by atoms with E-state index in [1.807, 2.05) is 0 Å². The summed E-state index contributed by atoms with van der Waals surface area (Å²) in [4.78, 5) is 4.27. The van der Waals surface area contributed by atoms with Gasteiger partial charge in [0.25, 0.3) is 0 Å². The Hall–Kier alpha value is -0.530. The van der Waals surface area contributed by atoms with Crippen molar-refractivity contribution < 1.29 is 0 Å². The SMILES string of the molecule is CCCCCCCCC(CCCCCCC)CN=CN. The van der Waals surface area contributed by atoms with Crippen molar-refractivity contribution in [3.05, 3.63) is 0 Å². The smallest absolute Gasteiger partial charge is 0.0797 e. The molecule has 2 nitrogen and oxygen atoms in total. The highest BCUT2D eigenvalue weighted by molar-refractivity contribution is 5.51.